The lowest BCUT2D eigenvalue weighted by atomic mass is 10.2. The van der Waals surface area contributed by atoms with Crippen molar-refractivity contribution in [2.45, 2.75) is 18.9 Å². The minimum Gasteiger partial charge on any atom is -0.497 e. The number of hydrogen-bond acceptors (Lipinski definition) is 3. The summed E-state index contributed by atoms with van der Waals surface area (Å²) >= 11 is 0. The molecule has 0 radical (unpaired) electrons. The average molecular weight is 274 g/mol. The molecule has 0 bridgehead atoms. The van der Waals surface area contributed by atoms with Crippen molar-refractivity contribution in [1.82, 2.24) is 10.3 Å². The van der Waals surface area contributed by atoms with E-state index < -0.39 is 0 Å². The van der Waals surface area contributed by atoms with Crippen LogP contribution < -0.4 is 10.1 Å². The van der Waals surface area contributed by atoms with Gasteiger partial charge < -0.3 is 19.8 Å². The van der Waals surface area contributed by atoms with E-state index in [2.05, 4.69) is 10.3 Å². The van der Waals surface area contributed by atoms with Crippen molar-refractivity contribution in [1.29, 1.82) is 0 Å². The van der Waals surface area contributed by atoms with E-state index in [0.717, 1.165) is 36.1 Å². The molecule has 5 heteroatoms. The molecule has 0 saturated carbocycles. The maximum absolute atomic E-state index is 12.1. The summed E-state index contributed by atoms with van der Waals surface area (Å²) in [7, 11) is 1.63. The van der Waals surface area contributed by atoms with E-state index >= 15 is 0 Å². The third-order valence-corrected chi connectivity index (χ3v) is 3.59. The predicted octanol–water partition coefficient (Wildman–Crippen LogP) is 2.09. The molecule has 106 valence electrons. The van der Waals surface area contributed by atoms with Crippen molar-refractivity contribution in [2.24, 2.45) is 0 Å². The van der Waals surface area contributed by atoms with E-state index in [1.54, 1.807) is 7.11 Å². The number of aromatic amines is 1. The number of ether oxygens (including phenoxy) is 2. The van der Waals surface area contributed by atoms with E-state index in [-0.39, 0.29) is 12.0 Å². The first-order chi connectivity index (χ1) is 9.76. The lowest BCUT2D eigenvalue weighted by molar-refractivity contribution is 0.0854. The molecular formula is C15H18N2O3. The molecule has 1 saturated heterocycles. The van der Waals surface area contributed by atoms with E-state index in [4.69, 9.17) is 9.47 Å². The Kier molecular flexibility index (Phi) is 3.60. The molecule has 1 fully saturated rings. The van der Waals surface area contributed by atoms with Crippen LogP contribution in [0.3, 0.4) is 0 Å². The fourth-order valence-corrected chi connectivity index (χ4v) is 2.47. The molecule has 2 heterocycles. The van der Waals surface area contributed by atoms with Crippen molar-refractivity contribution < 1.29 is 14.3 Å². The smallest absolute Gasteiger partial charge is 0.267 e. The van der Waals surface area contributed by atoms with E-state index in [0.29, 0.717) is 12.2 Å². The van der Waals surface area contributed by atoms with Gasteiger partial charge >= 0.3 is 0 Å². The zero-order valence-electron chi connectivity index (χ0n) is 11.4. The quantitative estimate of drug-likeness (QED) is 0.897. The van der Waals surface area contributed by atoms with Crippen LogP contribution in [0.15, 0.2) is 24.3 Å². The van der Waals surface area contributed by atoms with Crippen LogP contribution in [0.1, 0.15) is 23.3 Å². The number of H-pyrrole nitrogens is 1. The lowest BCUT2D eigenvalue weighted by Crippen LogP contribution is -2.31. The normalized spacial score (nSPS) is 18.4. The Morgan fingerprint density at radius 2 is 2.40 bits per heavy atom. The van der Waals surface area contributed by atoms with Crippen LogP contribution in [0.5, 0.6) is 5.75 Å². The number of benzene rings is 1. The number of amides is 1. The fraction of sp³-hybridized carbons (Fsp3) is 0.400. The van der Waals surface area contributed by atoms with Crippen LogP contribution in [-0.2, 0) is 4.74 Å². The third kappa shape index (κ3) is 2.63. The molecule has 5 nitrogen and oxygen atoms in total. The molecule has 1 amide bonds. The number of fused-ring (bicyclic) bond motifs is 1. The van der Waals surface area contributed by atoms with Crippen LogP contribution in [0.2, 0.25) is 0 Å². The minimum absolute atomic E-state index is 0.101. The second-order valence-electron chi connectivity index (χ2n) is 4.98. The number of nitrogens with one attached hydrogen (secondary N) is 2. The van der Waals surface area contributed by atoms with Crippen molar-refractivity contribution in [3.05, 3.63) is 30.0 Å². The van der Waals surface area contributed by atoms with Gasteiger partial charge in [0.2, 0.25) is 0 Å². The highest BCUT2D eigenvalue weighted by molar-refractivity contribution is 5.98. The first kappa shape index (κ1) is 13.0. The van der Waals surface area contributed by atoms with Gasteiger partial charge in [-0.25, -0.2) is 0 Å². The number of rotatable bonds is 4. The van der Waals surface area contributed by atoms with Gasteiger partial charge in [-0.1, -0.05) is 0 Å². The van der Waals surface area contributed by atoms with E-state index in [9.17, 15) is 4.79 Å². The standard InChI is InChI=1S/C15H18N2O3/c1-19-11-4-5-13-10(7-11)8-14(17-13)15(18)16-9-12-3-2-6-20-12/h4-5,7-8,12,17H,2-3,6,9H2,1H3,(H,16,18). The predicted molar refractivity (Wildman–Crippen MR) is 76.2 cm³/mol. The van der Waals surface area contributed by atoms with Crippen LogP contribution >= 0.6 is 0 Å². The summed E-state index contributed by atoms with van der Waals surface area (Å²) in [6.07, 6.45) is 2.25. The van der Waals surface area contributed by atoms with Gasteiger partial charge in [0.05, 0.1) is 13.2 Å². The summed E-state index contributed by atoms with van der Waals surface area (Å²) < 4.78 is 10.7. The molecule has 20 heavy (non-hydrogen) atoms. The molecule has 2 aromatic rings. The lowest BCUT2D eigenvalue weighted by Gasteiger charge is -2.09. The fourth-order valence-electron chi connectivity index (χ4n) is 2.47. The molecule has 1 unspecified atom stereocenters. The Morgan fingerprint density at radius 3 is 3.15 bits per heavy atom. The summed E-state index contributed by atoms with van der Waals surface area (Å²) in [5, 5.41) is 3.87. The molecular weight excluding hydrogens is 256 g/mol. The van der Waals surface area contributed by atoms with E-state index in [1.807, 2.05) is 24.3 Å². The molecule has 0 aliphatic carbocycles. The summed E-state index contributed by atoms with van der Waals surface area (Å²) in [5.74, 6) is 0.679. The van der Waals surface area contributed by atoms with Gasteiger partial charge in [-0.05, 0) is 37.1 Å². The van der Waals surface area contributed by atoms with Crippen LogP contribution in [0, 0.1) is 0 Å². The second-order valence-corrected chi connectivity index (χ2v) is 4.98. The maximum Gasteiger partial charge on any atom is 0.267 e. The van der Waals surface area contributed by atoms with Gasteiger partial charge in [-0.3, -0.25) is 4.79 Å². The van der Waals surface area contributed by atoms with Gasteiger partial charge in [-0.15, -0.1) is 0 Å². The number of hydrogen-bond donors (Lipinski definition) is 2. The monoisotopic (exact) mass is 274 g/mol. The Bertz CT molecular complexity index is 615. The van der Waals surface area contributed by atoms with Crippen molar-refractivity contribution in [2.75, 3.05) is 20.3 Å². The molecule has 1 aliphatic heterocycles. The SMILES string of the molecule is COc1ccc2[nH]c(C(=O)NCC3CCCO3)cc2c1. The van der Waals surface area contributed by atoms with Gasteiger partial charge in [-0.2, -0.15) is 0 Å². The number of methoxy groups -OCH3 is 1. The van der Waals surface area contributed by atoms with Crippen molar-refractivity contribution in [3.63, 3.8) is 0 Å². The summed E-state index contributed by atoms with van der Waals surface area (Å²) in [6.45, 7) is 1.37. The van der Waals surface area contributed by atoms with E-state index in [1.165, 1.54) is 0 Å². The second kappa shape index (κ2) is 5.54. The van der Waals surface area contributed by atoms with Gasteiger partial charge in [0.15, 0.2) is 0 Å². The van der Waals surface area contributed by atoms with Crippen molar-refractivity contribution in [3.8, 4) is 5.75 Å². The number of carbonyl (C=O) groups is 1. The highest BCUT2D eigenvalue weighted by atomic mass is 16.5. The first-order valence-corrected chi connectivity index (χ1v) is 6.83. The Labute approximate surface area is 117 Å². The summed E-state index contributed by atoms with van der Waals surface area (Å²) in [5.41, 5.74) is 1.49. The van der Waals surface area contributed by atoms with Gasteiger partial charge in [0.1, 0.15) is 11.4 Å². The van der Waals surface area contributed by atoms with Crippen LogP contribution in [0.25, 0.3) is 10.9 Å². The zero-order chi connectivity index (χ0) is 13.9. The zero-order valence-corrected chi connectivity index (χ0v) is 11.4. The molecule has 2 N–H and O–H groups in total. The molecule has 1 aliphatic rings. The Hall–Kier alpha value is -2.01. The maximum atomic E-state index is 12.1. The number of carbonyl (C=O) groups excluding carboxylic acids is 1. The third-order valence-electron chi connectivity index (χ3n) is 3.59. The minimum atomic E-state index is -0.101. The average Bonchev–Trinajstić information content (AvgIpc) is 3.12. The Balaban J connectivity index is 1.70. The molecule has 1 aromatic carbocycles. The van der Waals surface area contributed by atoms with Crippen molar-refractivity contribution >= 4 is 16.8 Å². The topological polar surface area (TPSA) is 63.4 Å². The van der Waals surface area contributed by atoms with Gasteiger partial charge in [0, 0.05) is 24.1 Å². The molecule has 1 aromatic heterocycles. The molecule has 3 rings (SSSR count). The molecule has 0 spiro atoms. The largest absolute Gasteiger partial charge is 0.497 e. The van der Waals surface area contributed by atoms with Crippen LogP contribution in [-0.4, -0.2) is 37.3 Å². The first-order valence-electron chi connectivity index (χ1n) is 6.83. The van der Waals surface area contributed by atoms with Crippen LogP contribution in [0.4, 0.5) is 0 Å². The Morgan fingerprint density at radius 1 is 1.50 bits per heavy atom. The highest BCUT2D eigenvalue weighted by Gasteiger charge is 2.17. The van der Waals surface area contributed by atoms with Gasteiger partial charge in [0.25, 0.3) is 5.91 Å². The highest BCUT2D eigenvalue weighted by Crippen LogP contribution is 2.21. The summed E-state index contributed by atoms with van der Waals surface area (Å²) in [4.78, 5) is 15.2. The summed E-state index contributed by atoms with van der Waals surface area (Å²) in [6, 6.07) is 7.52. The molecule has 1 atom stereocenters. The number of aromatic nitrogens is 1.